The number of hydrogen-bond donors (Lipinski definition) is 0. The summed E-state index contributed by atoms with van der Waals surface area (Å²) in [5.41, 5.74) is 1.99. The SMILES string of the molecule is Cc1nc([C@@H]2CCCN2C(=O)c2cnn3cccnc23)cc(N(C)C)n1. The van der Waals surface area contributed by atoms with Gasteiger partial charge in [0.1, 0.15) is 17.2 Å². The standard InChI is InChI=1S/C18H21N7O/c1-12-21-14(10-16(22-12)23(2)3)15-6-4-8-24(15)18(26)13-11-20-25-9-5-7-19-17(13)25/h5,7,9-11,15H,4,6,8H2,1-3H3/t15-/m0/s1. The fraction of sp³-hybridized carbons (Fsp3) is 0.389. The van der Waals surface area contributed by atoms with Gasteiger partial charge >= 0.3 is 0 Å². The average Bonchev–Trinajstić information content (AvgIpc) is 3.28. The van der Waals surface area contributed by atoms with Crippen LogP contribution in [0.15, 0.2) is 30.7 Å². The molecule has 4 rings (SSSR count). The third-order valence-corrected chi connectivity index (χ3v) is 4.67. The molecule has 26 heavy (non-hydrogen) atoms. The molecule has 0 N–H and O–H groups in total. The summed E-state index contributed by atoms with van der Waals surface area (Å²) in [4.78, 5) is 30.4. The van der Waals surface area contributed by atoms with Gasteiger partial charge in [-0.2, -0.15) is 5.10 Å². The summed E-state index contributed by atoms with van der Waals surface area (Å²) in [6, 6.07) is 3.71. The van der Waals surface area contributed by atoms with Gasteiger partial charge in [0.05, 0.1) is 17.9 Å². The number of nitrogens with zero attached hydrogens (tertiary/aromatic N) is 7. The zero-order chi connectivity index (χ0) is 18.3. The first-order valence-corrected chi connectivity index (χ1v) is 8.67. The molecule has 1 amide bonds. The van der Waals surface area contributed by atoms with Gasteiger partial charge in [-0.25, -0.2) is 19.5 Å². The predicted octanol–water partition coefficient (Wildman–Crippen LogP) is 1.87. The van der Waals surface area contributed by atoms with Crippen LogP contribution in [0.5, 0.6) is 0 Å². The van der Waals surface area contributed by atoms with E-state index in [1.54, 1.807) is 29.2 Å². The summed E-state index contributed by atoms with van der Waals surface area (Å²) in [5, 5.41) is 4.23. The molecular formula is C18H21N7O. The fourth-order valence-electron chi connectivity index (χ4n) is 3.42. The van der Waals surface area contributed by atoms with Crippen LogP contribution in [-0.4, -0.2) is 56.0 Å². The minimum absolute atomic E-state index is 0.0520. The van der Waals surface area contributed by atoms with Gasteiger partial charge in [-0.1, -0.05) is 0 Å². The second-order valence-corrected chi connectivity index (χ2v) is 6.70. The van der Waals surface area contributed by atoms with Crippen molar-refractivity contribution >= 4 is 17.4 Å². The van der Waals surface area contributed by atoms with Crippen LogP contribution in [0.1, 0.15) is 40.8 Å². The van der Waals surface area contributed by atoms with Crippen molar-refractivity contribution in [3.05, 3.63) is 47.8 Å². The maximum Gasteiger partial charge on any atom is 0.259 e. The van der Waals surface area contributed by atoms with Crippen LogP contribution in [0.2, 0.25) is 0 Å². The van der Waals surface area contributed by atoms with E-state index in [0.29, 0.717) is 23.6 Å². The first kappa shape index (κ1) is 16.4. The van der Waals surface area contributed by atoms with Crippen molar-refractivity contribution in [2.75, 3.05) is 25.5 Å². The maximum atomic E-state index is 13.2. The monoisotopic (exact) mass is 351 g/mol. The number of anilines is 1. The van der Waals surface area contributed by atoms with Crippen LogP contribution in [0.4, 0.5) is 5.82 Å². The number of aromatic nitrogens is 5. The highest BCUT2D eigenvalue weighted by Gasteiger charge is 2.33. The van der Waals surface area contributed by atoms with Crippen molar-refractivity contribution in [1.29, 1.82) is 0 Å². The van der Waals surface area contributed by atoms with Gasteiger partial charge in [0.25, 0.3) is 5.91 Å². The third kappa shape index (κ3) is 2.77. The Kier molecular flexibility index (Phi) is 4.02. The number of rotatable bonds is 3. The zero-order valence-electron chi connectivity index (χ0n) is 15.1. The topological polar surface area (TPSA) is 79.5 Å². The van der Waals surface area contributed by atoms with Gasteiger partial charge in [0, 0.05) is 39.1 Å². The van der Waals surface area contributed by atoms with Crippen molar-refractivity contribution < 1.29 is 4.79 Å². The van der Waals surface area contributed by atoms with E-state index in [4.69, 9.17) is 0 Å². The minimum Gasteiger partial charge on any atom is -0.363 e. The molecule has 3 aromatic rings. The number of carbonyl (C=O) groups is 1. The smallest absolute Gasteiger partial charge is 0.259 e. The average molecular weight is 351 g/mol. The number of amides is 1. The lowest BCUT2D eigenvalue weighted by Gasteiger charge is -2.25. The quantitative estimate of drug-likeness (QED) is 0.717. The van der Waals surface area contributed by atoms with Crippen molar-refractivity contribution in [2.45, 2.75) is 25.8 Å². The van der Waals surface area contributed by atoms with Crippen LogP contribution in [0, 0.1) is 6.92 Å². The third-order valence-electron chi connectivity index (χ3n) is 4.67. The molecule has 0 aromatic carbocycles. The molecular weight excluding hydrogens is 330 g/mol. The normalized spacial score (nSPS) is 17.0. The fourth-order valence-corrected chi connectivity index (χ4v) is 3.42. The lowest BCUT2D eigenvalue weighted by molar-refractivity contribution is 0.0734. The van der Waals surface area contributed by atoms with E-state index in [-0.39, 0.29) is 11.9 Å². The molecule has 3 aromatic heterocycles. The van der Waals surface area contributed by atoms with Gasteiger partial charge in [-0.15, -0.1) is 0 Å². The van der Waals surface area contributed by atoms with Crippen LogP contribution >= 0.6 is 0 Å². The largest absolute Gasteiger partial charge is 0.363 e. The number of fused-ring (bicyclic) bond motifs is 1. The van der Waals surface area contributed by atoms with E-state index >= 15 is 0 Å². The molecule has 8 heteroatoms. The Hall–Kier alpha value is -3.03. The Morgan fingerprint density at radius 3 is 2.96 bits per heavy atom. The molecule has 4 heterocycles. The van der Waals surface area contributed by atoms with Gasteiger partial charge in [-0.05, 0) is 25.8 Å². The first-order chi connectivity index (χ1) is 12.5. The van der Waals surface area contributed by atoms with Crippen molar-refractivity contribution in [3.8, 4) is 0 Å². The Balaban J connectivity index is 1.70. The predicted molar refractivity (Wildman–Crippen MR) is 97.1 cm³/mol. The van der Waals surface area contributed by atoms with Crippen LogP contribution in [-0.2, 0) is 0 Å². The Morgan fingerprint density at radius 2 is 2.15 bits per heavy atom. The summed E-state index contributed by atoms with van der Waals surface area (Å²) in [7, 11) is 3.90. The summed E-state index contributed by atoms with van der Waals surface area (Å²) in [5.74, 6) is 1.51. The number of carbonyl (C=O) groups excluding carboxylic acids is 1. The molecule has 8 nitrogen and oxygen atoms in total. The van der Waals surface area contributed by atoms with Crippen molar-refractivity contribution in [1.82, 2.24) is 29.5 Å². The molecule has 0 aliphatic carbocycles. The Morgan fingerprint density at radius 1 is 1.31 bits per heavy atom. The van der Waals surface area contributed by atoms with E-state index in [9.17, 15) is 4.79 Å². The summed E-state index contributed by atoms with van der Waals surface area (Å²) >= 11 is 0. The van der Waals surface area contributed by atoms with Crippen molar-refractivity contribution in [3.63, 3.8) is 0 Å². The molecule has 1 aliphatic heterocycles. The van der Waals surface area contributed by atoms with Gasteiger partial charge in [0.15, 0.2) is 5.65 Å². The molecule has 1 atom stereocenters. The van der Waals surface area contributed by atoms with E-state index in [2.05, 4.69) is 20.1 Å². The molecule has 1 fully saturated rings. The van der Waals surface area contributed by atoms with Crippen LogP contribution in [0.25, 0.3) is 5.65 Å². The number of hydrogen-bond acceptors (Lipinski definition) is 6. The van der Waals surface area contributed by atoms with Crippen LogP contribution in [0.3, 0.4) is 0 Å². The van der Waals surface area contributed by atoms with Crippen molar-refractivity contribution in [2.24, 2.45) is 0 Å². The molecule has 0 unspecified atom stereocenters. The molecule has 0 bridgehead atoms. The Labute approximate surface area is 151 Å². The van der Waals surface area contributed by atoms with E-state index in [0.717, 1.165) is 24.4 Å². The molecule has 134 valence electrons. The lowest BCUT2D eigenvalue weighted by atomic mass is 10.1. The summed E-state index contributed by atoms with van der Waals surface area (Å²) in [6.45, 7) is 2.58. The Bertz CT molecular complexity index is 965. The molecule has 0 spiro atoms. The second-order valence-electron chi connectivity index (χ2n) is 6.70. The highest BCUT2D eigenvalue weighted by molar-refractivity contribution is 6.00. The highest BCUT2D eigenvalue weighted by Crippen LogP contribution is 2.33. The second kappa shape index (κ2) is 6.36. The molecule has 0 saturated carbocycles. The number of likely N-dealkylation sites (tertiary alicyclic amines) is 1. The van der Waals surface area contributed by atoms with E-state index in [1.807, 2.05) is 36.9 Å². The van der Waals surface area contributed by atoms with E-state index in [1.165, 1.54) is 0 Å². The summed E-state index contributed by atoms with van der Waals surface area (Å²) < 4.78 is 1.62. The number of aryl methyl sites for hydroxylation is 1. The first-order valence-electron chi connectivity index (χ1n) is 8.67. The summed E-state index contributed by atoms with van der Waals surface area (Å²) in [6.07, 6.45) is 6.89. The maximum absolute atomic E-state index is 13.2. The lowest BCUT2D eigenvalue weighted by Crippen LogP contribution is -2.31. The molecule has 1 saturated heterocycles. The van der Waals surface area contributed by atoms with E-state index < -0.39 is 0 Å². The van der Waals surface area contributed by atoms with Gasteiger partial charge < -0.3 is 9.80 Å². The van der Waals surface area contributed by atoms with Gasteiger partial charge in [0.2, 0.25) is 0 Å². The minimum atomic E-state index is -0.0541. The highest BCUT2D eigenvalue weighted by atomic mass is 16.2. The molecule has 1 aliphatic rings. The van der Waals surface area contributed by atoms with Gasteiger partial charge in [-0.3, -0.25) is 4.79 Å². The zero-order valence-corrected chi connectivity index (χ0v) is 15.1. The molecule has 0 radical (unpaired) electrons. The van der Waals surface area contributed by atoms with Crippen LogP contribution < -0.4 is 4.90 Å².